The van der Waals surface area contributed by atoms with Gasteiger partial charge in [0.25, 0.3) is 0 Å². The van der Waals surface area contributed by atoms with Crippen LogP contribution >= 0.6 is 0 Å². The highest BCUT2D eigenvalue weighted by molar-refractivity contribution is 6.58. The fourth-order valence-corrected chi connectivity index (χ4v) is 1.02. The maximum Gasteiger partial charge on any atom is 0.478 e. The predicted molar refractivity (Wildman–Crippen MR) is 44.0 cm³/mol. The zero-order chi connectivity index (χ0) is 9.90. The molecule has 0 amide bonds. The maximum absolute atomic E-state index is 12.5. The molecule has 5 heteroatoms. The van der Waals surface area contributed by atoms with Crippen molar-refractivity contribution in [3.8, 4) is 0 Å². The second kappa shape index (κ2) is 3.81. The molecule has 0 saturated heterocycles. The van der Waals surface area contributed by atoms with Crippen LogP contribution in [-0.2, 0) is 6.42 Å². The van der Waals surface area contributed by atoms with Gasteiger partial charge in [0.15, 0.2) is 0 Å². The van der Waals surface area contributed by atoms with Gasteiger partial charge in [-0.25, -0.2) is 4.39 Å². The van der Waals surface area contributed by atoms with E-state index < -0.39 is 19.1 Å². The zero-order valence-corrected chi connectivity index (χ0v) is 6.81. The Morgan fingerprint density at radius 1 is 1.15 bits per heavy atom. The van der Waals surface area contributed by atoms with Crippen LogP contribution in [0.3, 0.4) is 0 Å². The lowest BCUT2D eigenvalue weighted by Crippen LogP contribution is -2.15. The minimum Gasteiger partial charge on any atom is -0.449 e. The first kappa shape index (κ1) is 10.1. The molecule has 0 heterocycles. The summed E-state index contributed by atoms with van der Waals surface area (Å²) in [5.74, 6) is -0.493. The summed E-state index contributed by atoms with van der Waals surface area (Å²) in [6.45, 7) is -4.76. The molecule has 0 atom stereocenters. The molecule has 72 valence electrons. The smallest absolute Gasteiger partial charge is 0.449 e. The predicted octanol–water partition coefficient (Wildman–Crippen LogP) is 3.22. The first-order chi connectivity index (χ1) is 5.97. The molecule has 13 heavy (non-hydrogen) atoms. The number of hydrogen-bond donors (Lipinski definition) is 0. The lowest BCUT2D eigenvalue weighted by molar-refractivity contribution is 0.467. The number of hydrogen-bond acceptors (Lipinski definition) is 0. The van der Waals surface area contributed by atoms with Gasteiger partial charge in [-0.05, 0) is 17.7 Å². The molecule has 0 spiro atoms. The molecular formula is C8H8BF4-. The Hall–Kier alpha value is -0.995. The first-order valence-electron chi connectivity index (χ1n) is 3.93. The van der Waals surface area contributed by atoms with E-state index >= 15 is 0 Å². The molecule has 0 aliphatic heterocycles. The van der Waals surface area contributed by atoms with Crippen LogP contribution in [0.2, 0.25) is 6.32 Å². The Kier molecular flexibility index (Phi) is 2.96. The van der Waals surface area contributed by atoms with Crippen LogP contribution in [0.1, 0.15) is 5.56 Å². The van der Waals surface area contributed by atoms with Crippen LogP contribution in [-0.4, -0.2) is 6.98 Å². The SMILES string of the molecule is Fc1cccc(CC[B-](F)(F)F)c1. The average Bonchev–Trinajstić information content (AvgIpc) is 2.00. The van der Waals surface area contributed by atoms with Crippen molar-refractivity contribution in [2.24, 2.45) is 0 Å². The van der Waals surface area contributed by atoms with E-state index in [0.717, 1.165) is 6.07 Å². The highest BCUT2D eigenvalue weighted by Crippen LogP contribution is 2.18. The van der Waals surface area contributed by atoms with E-state index in [2.05, 4.69) is 0 Å². The average molecular weight is 191 g/mol. The number of aryl methyl sites for hydroxylation is 1. The molecule has 0 radical (unpaired) electrons. The Labute approximate surface area is 73.6 Å². The Balaban J connectivity index is 2.55. The van der Waals surface area contributed by atoms with Crippen molar-refractivity contribution < 1.29 is 17.3 Å². The maximum atomic E-state index is 12.5. The van der Waals surface area contributed by atoms with Gasteiger partial charge < -0.3 is 12.9 Å². The number of rotatable bonds is 3. The second-order valence-electron chi connectivity index (χ2n) is 2.88. The molecule has 0 unspecified atom stereocenters. The Morgan fingerprint density at radius 3 is 2.38 bits per heavy atom. The molecule has 1 aromatic rings. The van der Waals surface area contributed by atoms with Crippen molar-refractivity contribution in [2.75, 3.05) is 0 Å². The third-order valence-corrected chi connectivity index (χ3v) is 1.65. The van der Waals surface area contributed by atoms with E-state index in [0.29, 0.717) is 5.56 Å². The monoisotopic (exact) mass is 191 g/mol. The molecule has 0 fully saturated rings. The zero-order valence-electron chi connectivity index (χ0n) is 6.81. The van der Waals surface area contributed by atoms with Crippen molar-refractivity contribution in [1.82, 2.24) is 0 Å². The topological polar surface area (TPSA) is 0 Å². The van der Waals surface area contributed by atoms with Gasteiger partial charge in [-0.2, -0.15) is 0 Å². The fourth-order valence-electron chi connectivity index (χ4n) is 1.02. The molecular weight excluding hydrogens is 183 g/mol. The largest absolute Gasteiger partial charge is 0.478 e. The molecule has 1 rings (SSSR count). The van der Waals surface area contributed by atoms with Gasteiger partial charge in [-0.3, -0.25) is 0 Å². The van der Waals surface area contributed by atoms with Gasteiger partial charge in [0.05, 0.1) is 0 Å². The summed E-state index contributed by atoms with van der Waals surface area (Å²) in [7, 11) is 0. The minimum absolute atomic E-state index is 0.138. The quantitative estimate of drug-likeness (QED) is 0.508. The van der Waals surface area contributed by atoms with Crippen molar-refractivity contribution in [3.05, 3.63) is 35.6 Å². The normalized spacial score (nSPS) is 11.7. The molecule has 1 aromatic carbocycles. The summed E-state index contributed by atoms with van der Waals surface area (Å²) in [5.41, 5.74) is 0.388. The van der Waals surface area contributed by atoms with E-state index in [1.54, 1.807) is 0 Å². The number of halogens is 4. The Bertz CT molecular complexity index is 282. The molecule has 0 N–H and O–H groups in total. The molecule has 0 aliphatic rings. The molecule has 0 aliphatic carbocycles. The summed E-state index contributed by atoms with van der Waals surface area (Å²) in [6.07, 6.45) is -0.981. The van der Waals surface area contributed by atoms with E-state index in [4.69, 9.17) is 0 Å². The van der Waals surface area contributed by atoms with E-state index in [1.807, 2.05) is 0 Å². The standard InChI is InChI=1S/C8H8BF4/c10-8-3-1-2-7(6-8)4-5-9(11,12)13/h1-3,6H,4-5H2/q-1. The van der Waals surface area contributed by atoms with Crippen molar-refractivity contribution in [2.45, 2.75) is 12.7 Å². The van der Waals surface area contributed by atoms with E-state index in [9.17, 15) is 17.3 Å². The molecule has 0 bridgehead atoms. The van der Waals surface area contributed by atoms with Crippen molar-refractivity contribution in [1.29, 1.82) is 0 Å². The van der Waals surface area contributed by atoms with Gasteiger partial charge in [-0.15, -0.1) is 0 Å². The van der Waals surface area contributed by atoms with Crippen LogP contribution < -0.4 is 0 Å². The third-order valence-electron chi connectivity index (χ3n) is 1.65. The van der Waals surface area contributed by atoms with Gasteiger partial charge in [0.2, 0.25) is 0 Å². The molecule has 0 nitrogen and oxygen atoms in total. The summed E-state index contributed by atoms with van der Waals surface area (Å²) >= 11 is 0. The van der Waals surface area contributed by atoms with Gasteiger partial charge >= 0.3 is 6.98 Å². The van der Waals surface area contributed by atoms with Crippen molar-refractivity contribution >= 4 is 6.98 Å². The van der Waals surface area contributed by atoms with Gasteiger partial charge in [-0.1, -0.05) is 24.9 Å². The summed E-state index contributed by atoms with van der Waals surface area (Å²) < 4.78 is 47.9. The molecule has 0 saturated carbocycles. The second-order valence-corrected chi connectivity index (χ2v) is 2.88. The van der Waals surface area contributed by atoms with Crippen LogP contribution in [0.25, 0.3) is 0 Å². The van der Waals surface area contributed by atoms with E-state index in [1.165, 1.54) is 18.2 Å². The van der Waals surface area contributed by atoms with Gasteiger partial charge in [0, 0.05) is 0 Å². The van der Waals surface area contributed by atoms with Crippen molar-refractivity contribution in [3.63, 3.8) is 0 Å². The summed E-state index contributed by atoms with van der Waals surface area (Å²) in [5, 5.41) is 0. The Morgan fingerprint density at radius 2 is 1.85 bits per heavy atom. The third kappa shape index (κ3) is 3.96. The number of benzene rings is 1. The minimum atomic E-state index is -4.76. The highest BCUT2D eigenvalue weighted by Gasteiger charge is 2.21. The first-order valence-corrected chi connectivity index (χ1v) is 3.93. The summed E-state index contributed by atoms with van der Waals surface area (Å²) in [6, 6.07) is 5.24. The van der Waals surface area contributed by atoms with Crippen LogP contribution in [0.15, 0.2) is 24.3 Å². The summed E-state index contributed by atoms with van der Waals surface area (Å²) in [4.78, 5) is 0. The fraction of sp³-hybridized carbons (Fsp3) is 0.250. The van der Waals surface area contributed by atoms with Crippen LogP contribution in [0.4, 0.5) is 17.3 Å². The van der Waals surface area contributed by atoms with Gasteiger partial charge in [0.1, 0.15) is 5.82 Å². The highest BCUT2D eigenvalue weighted by atomic mass is 19.4. The van der Waals surface area contributed by atoms with Crippen LogP contribution in [0.5, 0.6) is 0 Å². The lowest BCUT2D eigenvalue weighted by atomic mass is 9.82. The van der Waals surface area contributed by atoms with Crippen LogP contribution in [0, 0.1) is 5.82 Å². The van der Waals surface area contributed by atoms with E-state index in [-0.39, 0.29) is 6.42 Å². The lowest BCUT2D eigenvalue weighted by Gasteiger charge is -2.12. The molecule has 0 aromatic heterocycles.